The number of nitrogens with zero attached hydrogens (tertiary/aromatic N) is 1. The lowest BCUT2D eigenvalue weighted by atomic mass is 10.1. The summed E-state index contributed by atoms with van der Waals surface area (Å²) in [6.07, 6.45) is 2.96. The molecule has 1 rings (SSSR count). The smallest absolute Gasteiger partial charge is 0.327 e. The number of carbonyl (C=O) groups is 1. The summed E-state index contributed by atoms with van der Waals surface area (Å²) in [5.74, 6) is -1.12. The molecule has 1 aliphatic heterocycles. The Bertz CT molecular complexity index is 397. The van der Waals surface area contributed by atoms with Crippen molar-refractivity contribution in [3.05, 3.63) is 0 Å². The van der Waals surface area contributed by atoms with Crippen molar-refractivity contribution in [3.63, 3.8) is 0 Å². The highest BCUT2D eigenvalue weighted by Gasteiger charge is 2.34. The van der Waals surface area contributed by atoms with E-state index in [0.29, 0.717) is 19.6 Å². The number of nitrogens with one attached hydrogen (secondary N) is 1. The van der Waals surface area contributed by atoms with Gasteiger partial charge in [-0.1, -0.05) is 19.8 Å². The molecule has 0 aromatic carbocycles. The van der Waals surface area contributed by atoms with Gasteiger partial charge in [0.1, 0.15) is 4.99 Å². The first-order valence-corrected chi connectivity index (χ1v) is 6.82. The van der Waals surface area contributed by atoms with E-state index in [0.717, 1.165) is 19.3 Å². The van der Waals surface area contributed by atoms with E-state index >= 15 is 0 Å². The minimum absolute atomic E-state index is 0.125. The van der Waals surface area contributed by atoms with Crippen LogP contribution < -0.4 is 5.32 Å². The van der Waals surface area contributed by atoms with Gasteiger partial charge in [0.15, 0.2) is 6.04 Å². The Morgan fingerprint density at radius 2 is 2.24 bits per heavy atom. The molecule has 98 valence electrons. The molecule has 0 aromatic heterocycles. The lowest BCUT2D eigenvalue weighted by Gasteiger charge is -2.33. The molecule has 7 heteroatoms. The van der Waals surface area contributed by atoms with Crippen LogP contribution in [0, 0.1) is 0 Å². The van der Waals surface area contributed by atoms with E-state index in [1.807, 2.05) is 0 Å². The molecule has 6 nitrogen and oxygen atoms in total. The summed E-state index contributed by atoms with van der Waals surface area (Å²) >= 11 is 0. The molecule has 1 unspecified atom stereocenters. The van der Waals surface area contributed by atoms with Gasteiger partial charge in [-0.3, -0.25) is 15.0 Å². The largest absolute Gasteiger partial charge is 0.480 e. The number of hydrogen-bond acceptors (Lipinski definition) is 4. The first-order valence-electron chi connectivity index (χ1n) is 5.74. The molecular weight excluding hydrogens is 244 g/mol. The summed E-state index contributed by atoms with van der Waals surface area (Å²) in [7, 11) is -2.50. The van der Waals surface area contributed by atoms with Gasteiger partial charge in [-0.05, 0) is 13.0 Å². The highest BCUT2D eigenvalue weighted by atomic mass is 32.2. The Hall–Kier alpha value is -0.920. The Morgan fingerprint density at radius 1 is 1.53 bits per heavy atom. The average Bonchev–Trinajstić information content (AvgIpc) is 2.28. The molecule has 2 N–H and O–H groups in total. The number of aliphatic carboxylic acids is 1. The van der Waals surface area contributed by atoms with Crippen molar-refractivity contribution in [1.29, 1.82) is 0 Å². The van der Waals surface area contributed by atoms with E-state index in [4.69, 9.17) is 5.11 Å². The summed E-state index contributed by atoms with van der Waals surface area (Å²) in [5, 5.41) is 11.8. The van der Waals surface area contributed by atoms with Crippen LogP contribution in [0.2, 0.25) is 0 Å². The van der Waals surface area contributed by atoms with Gasteiger partial charge < -0.3 is 5.11 Å². The van der Waals surface area contributed by atoms with Crippen LogP contribution in [-0.4, -0.2) is 55.1 Å². The molecule has 0 amide bonds. The number of hydrogen-bond donors (Lipinski definition) is 2. The standard InChI is InChI=1S/C10H18N2O4S/c1-2-3-4-6-12-7-5-11-9(17(15)16)8(12)10(13)14/h8,11H,2-7H2,1H3,(H,13,14). The maximum absolute atomic E-state index is 11.1. The summed E-state index contributed by atoms with van der Waals surface area (Å²) in [6.45, 7) is 3.71. The molecule has 0 aliphatic carbocycles. The van der Waals surface area contributed by atoms with Crippen LogP contribution in [0.4, 0.5) is 0 Å². The number of piperazine rings is 1. The molecule has 0 aromatic rings. The second-order valence-electron chi connectivity index (χ2n) is 4.01. The van der Waals surface area contributed by atoms with Gasteiger partial charge in [-0.15, -0.1) is 0 Å². The summed E-state index contributed by atoms with van der Waals surface area (Å²) in [4.78, 5) is 12.7. The van der Waals surface area contributed by atoms with E-state index in [1.165, 1.54) is 0 Å². The molecule has 1 saturated heterocycles. The molecule has 0 saturated carbocycles. The zero-order valence-corrected chi connectivity index (χ0v) is 10.7. The van der Waals surface area contributed by atoms with Crippen molar-refractivity contribution in [1.82, 2.24) is 10.2 Å². The molecule has 1 aliphatic rings. The topological polar surface area (TPSA) is 86.7 Å². The van der Waals surface area contributed by atoms with E-state index in [-0.39, 0.29) is 4.99 Å². The van der Waals surface area contributed by atoms with Crippen LogP contribution in [-0.2, 0) is 15.1 Å². The Kier molecular flexibility index (Phi) is 5.60. The van der Waals surface area contributed by atoms with Crippen LogP contribution in [0.1, 0.15) is 26.2 Å². The number of carboxylic acid groups (broad SMARTS) is 1. The number of unbranched alkanes of at least 4 members (excludes halogenated alkanes) is 2. The van der Waals surface area contributed by atoms with Gasteiger partial charge in [0.25, 0.3) is 0 Å². The third kappa shape index (κ3) is 3.79. The predicted octanol–water partition coefficient (Wildman–Crippen LogP) is -0.456. The monoisotopic (exact) mass is 262 g/mol. The lowest BCUT2D eigenvalue weighted by Crippen LogP contribution is -2.59. The Morgan fingerprint density at radius 3 is 2.76 bits per heavy atom. The first-order chi connectivity index (χ1) is 8.07. The van der Waals surface area contributed by atoms with E-state index in [9.17, 15) is 13.2 Å². The molecule has 17 heavy (non-hydrogen) atoms. The summed E-state index contributed by atoms with van der Waals surface area (Å²) in [5.41, 5.74) is 0. The molecule has 0 radical (unpaired) electrons. The Balaban J connectivity index is 2.81. The second kappa shape index (κ2) is 6.73. The van der Waals surface area contributed by atoms with Gasteiger partial charge in [0, 0.05) is 13.1 Å². The predicted molar refractivity (Wildman–Crippen MR) is 64.5 cm³/mol. The summed E-state index contributed by atoms with van der Waals surface area (Å²) in [6, 6.07) is -1.06. The fourth-order valence-corrected chi connectivity index (χ4v) is 2.59. The highest BCUT2D eigenvalue weighted by molar-refractivity contribution is 7.73. The van der Waals surface area contributed by atoms with Crippen molar-refractivity contribution in [2.24, 2.45) is 0 Å². The van der Waals surface area contributed by atoms with E-state index in [2.05, 4.69) is 12.2 Å². The fourth-order valence-electron chi connectivity index (χ4n) is 1.94. The SMILES string of the molecule is CCCCCN1CCNC(=S(=O)=O)C1C(=O)O. The quantitative estimate of drug-likeness (QED) is 0.515. The second-order valence-corrected chi connectivity index (χ2v) is 4.92. The van der Waals surface area contributed by atoms with Crippen molar-refractivity contribution >= 4 is 21.3 Å². The molecule has 0 bridgehead atoms. The van der Waals surface area contributed by atoms with Crippen LogP contribution in [0.5, 0.6) is 0 Å². The van der Waals surface area contributed by atoms with Crippen molar-refractivity contribution in [2.45, 2.75) is 32.2 Å². The third-order valence-corrected chi connectivity index (χ3v) is 3.50. The maximum atomic E-state index is 11.1. The average molecular weight is 262 g/mol. The lowest BCUT2D eigenvalue weighted by molar-refractivity contribution is -0.140. The van der Waals surface area contributed by atoms with Crippen molar-refractivity contribution < 1.29 is 18.3 Å². The van der Waals surface area contributed by atoms with Crippen LogP contribution in [0.3, 0.4) is 0 Å². The van der Waals surface area contributed by atoms with Crippen molar-refractivity contribution in [2.75, 3.05) is 19.6 Å². The van der Waals surface area contributed by atoms with E-state index < -0.39 is 22.3 Å². The minimum atomic E-state index is -2.50. The Labute approximate surface area is 102 Å². The zero-order chi connectivity index (χ0) is 12.8. The minimum Gasteiger partial charge on any atom is -0.480 e. The van der Waals surface area contributed by atoms with Crippen LogP contribution in [0.15, 0.2) is 0 Å². The van der Waals surface area contributed by atoms with Crippen LogP contribution >= 0.6 is 0 Å². The third-order valence-electron chi connectivity index (χ3n) is 2.77. The maximum Gasteiger partial charge on any atom is 0.327 e. The fraction of sp³-hybridized carbons (Fsp3) is 0.800. The van der Waals surface area contributed by atoms with Gasteiger partial charge in [0.05, 0.1) is 0 Å². The number of carboxylic acids is 1. The normalized spacial score (nSPS) is 21.5. The molecule has 1 heterocycles. The van der Waals surface area contributed by atoms with Gasteiger partial charge >= 0.3 is 5.97 Å². The summed E-state index contributed by atoms with van der Waals surface area (Å²) < 4.78 is 21.9. The highest BCUT2D eigenvalue weighted by Crippen LogP contribution is 2.08. The zero-order valence-electron chi connectivity index (χ0n) is 9.85. The van der Waals surface area contributed by atoms with E-state index in [1.54, 1.807) is 4.90 Å². The van der Waals surface area contributed by atoms with Gasteiger partial charge in [-0.25, -0.2) is 0 Å². The van der Waals surface area contributed by atoms with Gasteiger partial charge in [-0.2, -0.15) is 8.42 Å². The number of rotatable bonds is 5. The van der Waals surface area contributed by atoms with Crippen molar-refractivity contribution in [3.8, 4) is 0 Å². The van der Waals surface area contributed by atoms with Crippen LogP contribution in [0.25, 0.3) is 0 Å². The molecule has 1 atom stereocenters. The van der Waals surface area contributed by atoms with Gasteiger partial charge in [0.2, 0.25) is 10.3 Å². The molecular formula is C10H18N2O4S. The first kappa shape index (κ1) is 14.1. The molecule has 1 fully saturated rings. The molecule has 0 spiro atoms.